The van der Waals surface area contributed by atoms with Crippen LogP contribution in [0.2, 0.25) is 0 Å². The molecule has 0 fully saturated rings. The van der Waals surface area contributed by atoms with Crippen LogP contribution in [-0.2, 0) is 0 Å². The van der Waals surface area contributed by atoms with E-state index in [2.05, 4.69) is 15.0 Å². The Hall–Kier alpha value is -2.25. The van der Waals surface area contributed by atoms with Crippen LogP contribution in [0.4, 0.5) is 47.0 Å². The van der Waals surface area contributed by atoms with Gasteiger partial charge < -0.3 is 15.7 Å². The van der Waals surface area contributed by atoms with Gasteiger partial charge in [-0.2, -0.15) is 41.3 Å². The Morgan fingerprint density at radius 2 is 1.38 bits per heavy atom. The number of aliphatic hydroxyl groups is 1. The zero-order valence-corrected chi connectivity index (χ0v) is 15.0. The van der Waals surface area contributed by atoms with Gasteiger partial charge in [0.05, 0.1) is 0 Å². The number of alkyl halides is 7. The number of hydrogen-bond donors (Lipinski definition) is 3. The fourth-order valence-corrected chi connectivity index (χ4v) is 2.31. The molecule has 4 atom stereocenters. The van der Waals surface area contributed by atoms with E-state index in [1.807, 2.05) is 10.6 Å². The number of anilines is 2. The first-order valence-electron chi connectivity index (χ1n) is 8.33. The number of aromatic nitrogens is 3. The topological polar surface area (TPSA) is 83.0 Å². The van der Waals surface area contributed by atoms with Gasteiger partial charge in [0.15, 0.2) is 5.82 Å². The minimum atomic E-state index is -4.73. The molecular formula is C15H17F8N5O. The van der Waals surface area contributed by atoms with Crippen molar-refractivity contribution in [3.63, 3.8) is 0 Å². The molecule has 1 heterocycles. The summed E-state index contributed by atoms with van der Waals surface area (Å²) in [5.41, 5.74) is -0.431. The number of halogens is 8. The second-order valence-electron chi connectivity index (χ2n) is 6.45. The summed E-state index contributed by atoms with van der Waals surface area (Å²) >= 11 is 0. The van der Waals surface area contributed by atoms with Crippen molar-refractivity contribution in [2.24, 2.45) is 0 Å². The van der Waals surface area contributed by atoms with Crippen LogP contribution in [0.25, 0.3) is 5.57 Å². The predicted molar refractivity (Wildman–Crippen MR) is 86.3 cm³/mol. The Labute approximate surface area is 159 Å². The molecule has 0 spiro atoms. The molecule has 0 amide bonds. The van der Waals surface area contributed by atoms with Crippen LogP contribution in [0.15, 0.2) is 5.83 Å². The molecule has 1 aliphatic rings. The van der Waals surface area contributed by atoms with Crippen molar-refractivity contribution < 1.29 is 40.2 Å². The predicted octanol–water partition coefficient (Wildman–Crippen LogP) is 3.77. The molecule has 3 N–H and O–H groups in total. The fourth-order valence-electron chi connectivity index (χ4n) is 2.31. The van der Waals surface area contributed by atoms with E-state index in [-0.39, 0.29) is 12.8 Å². The maximum Gasteiger partial charge on any atom is 0.408 e. The van der Waals surface area contributed by atoms with E-state index in [0.29, 0.717) is 13.8 Å². The number of nitrogens with one attached hydrogen (secondary N) is 2. The lowest BCUT2D eigenvalue weighted by molar-refractivity contribution is -0.139. The molecule has 14 heteroatoms. The van der Waals surface area contributed by atoms with E-state index in [0.717, 1.165) is 0 Å². The first kappa shape index (κ1) is 23.0. The van der Waals surface area contributed by atoms with E-state index in [1.54, 1.807) is 0 Å². The van der Waals surface area contributed by atoms with Gasteiger partial charge in [0.2, 0.25) is 11.9 Å². The average molecular weight is 435 g/mol. The van der Waals surface area contributed by atoms with E-state index >= 15 is 0 Å². The van der Waals surface area contributed by atoms with Crippen molar-refractivity contribution in [1.29, 1.82) is 0 Å². The molecule has 164 valence electrons. The number of aliphatic hydroxyl groups excluding tert-OH is 1. The van der Waals surface area contributed by atoms with Gasteiger partial charge >= 0.3 is 12.4 Å². The van der Waals surface area contributed by atoms with Crippen LogP contribution in [0.5, 0.6) is 0 Å². The van der Waals surface area contributed by atoms with E-state index in [4.69, 9.17) is 0 Å². The van der Waals surface area contributed by atoms with Crippen LogP contribution in [0, 0.1) is 0 Å². The lowest BCUT2D eigenvalue weighted by Gasteiger charge is -2.24. The van der Waals surface area contributed by atoms with Crippen molar-refractivity contribution in [1.82, 2.24) is 15.0 Å². The summed E-state index contributed by atoms with van der Waals surface area (Å²) < 4.78 is 104. The van der Waals surface area contributed by atoms with Crippen LogP contribution < -0.4 is 10.6 Å². The molecule has 0 bridgehead atoms. The maximum atomic E-state index is 14.2. The summed E-state index contributed by atoms with van der Waals surface area (Å²) in [7, 11) is 0. The van der Waals surface area contributed by atoms with Crippen molar-refractivity contribution in [2.75, 3.05) is 10.6 Å². The Kier molecular flexibility index (Phi) is 6.55. The molecule has 1 aliphatic carbocycles. The minimum absolute atomic E-state index is 0.323. The first-order chi connectivity index (χ1) is 13.2. The highest BCUT2D eigenvalue weighted by Gasteiger charge is 2.39. The molecule has 0 saturated heterocycles. The first-order valence-corrected chi connectivity index (χ1v) is 8.33. The van der Waals surface area contributed by atoms with Crippen LogP contribution in [-0.4, -0.2) is 56.8 Å². The number of nitrogens with zero attached hydrogens (tertiary/aromatic N) is 3. The van der Waals surface area contributed by atoms with Gasteiger partial charge in [-0.1, -0.05) is 0 Å². The molecule has 29 heavy (non-hydrogen) atoms. The monoisotopic (exact) mass is 435 g/mol. The SMILES string of the molecule is C[C@@H](Nc1nc(N[C@H](C)C(F)(F)F)nc(C2=C(F)C(O)C(F)CC2)n1)C(F)(F)F. The quantitative estimate of drug-likeness (QED) is 0.611. The second-order valence-corrected chi connectivity index (χ2v) is 6.45. The van der Waals surface area contributed by atoms with Gasteiger partial charge in [-0.25, -0.2) is 8.78 Å². The molecule has 2 rings (SSSR count). The van der Waals surface area contributed by atoms with Crippen LogP contribution in [0.3, 0.4) is 0 Å². The van der Waals surface area contributed by atoms with Crippen molar-refractivity contribution in [3.8, 4) is 0 Å². The molecule has 0 saturated carbocycles. The molecule has 1 aromatic heterocycles. The number of allylic oxidation sites excluding steroid dienone is 1. The third-order valence-corrected chi connectivity index (χ3v) is 4.14. The Morgan fingerprint density at radius 1 is 0.931 bits per heavy atom. The van der Waals surface area contributed by atoms with Crippen molar-refractivity contribution >= 4 is 17.5 Å². The molecule has 1 aromatic rings. The van der Waals surface area contributed by atoms with Crippen molar-refractivity contribution in [2.45, 2.75) is 63.4 Å². The Balaban J connectivity index is 2.47. The second kappa shape index (κ2) is 8.24. The normalized spacial score (nSPS) is 23.0. The number of hydrogen-bond acceptors (Lipinski definition) is 6. The van der Waals surface area contributed by atoms with Gasteiger partial charge in [-0.05, 0) is 26.7 Å². The highest BCUT2D eigenvalue weighted by Crippen LogP contribution is 2.34. The highest BCUT2D eigenvalue weighted by molar-refractivity contribution is 5.65. The Morgan fingerprint density at radius 3 is 1.79 bits per heavy atom. The summed E-state index contributed by atoms with van der Waals surface area (Å²) in [6.07, 6.45) is -14.2. The van der Waals surface area contributed by atoms with Gasteiger partial charge in [0, 0.05) is 5.57 Å². The minimum Gasteiger partial charge on any atom is -0.383 e. The fraction of sp³-hybridized carbons (Fsp3) is 0.667. The highest BCUT2D eigenvalue weighted by atomic mass is 19.4. The zero-order chi connectivity index (χ0) is 22.1. The van der Waals surface area contributed by atoms with Gasteiger partial charge in [-0.3, -0.25) is 0 Å². The third-order valence-electron chi connectivity index (χ3n) is 4.14. The van der Waals surface area contributed by atoms with Gasteiger partial charge in [0.25, 0.3) is 0 Å². The average Bonchev–Trinajstić information content (AvgIpc) is 2.58. The van der Waals surface area contributed by atoms with Gasteiger partial charge in [0.1, 0.15) is 30.2 Å². The molecular weight excluding hydrogens is 418 g/mol. The standard InChI is InChI=1S/C15H17F8N5O/c1-5(14(18,19)20)24-12-26-11(7-3-4-8(16)10(29)9(7)17)27-13(28-12)25-6(2)15(21,22)23/h5-6,8,10,29H,3-4H2,1-2H3,(H2,24,25,26,27,28)/t5-,6-,8?,10?/m1/s1. The molecule has 0 aromatic carbocycles. The molecule has 0 radical (unpaired) electrons. The summed E-state index contributed by atoms with van der Waals surface area (Å²) in [6, 6.07) is -4.37. The van der Waals surface area contributed by atoms with Crippen molar-refractivity contribution in [3.05, 3.63) is 11.7 Å². The van der Waals surface area contributed by atoms with Crippen LogP contribution in [0.1, 0.15) is 32.5 Å². The molecule has 2 unspecified atom stereocenters. The lowest BCUT2D eigenvalue weighted by Crippen LogP contribution is -2.35. The van der Waals surface area contributed by atoms with E-state index in [9.17, 15) is 40.2 Å². The largest absolute Gasteiger partial charge is 0.408 e. The smallest absolute Gasteiger partial charge is 0.383 e. The van der Waals surface area contributed by atoms with Crippen LogP contribution >= 0.6 is 0 Å². The van der Waals surface area contributed by atoms with E-state index in [1.165, 1.54) is 0 Å². The van der Waals surface area contributed by atoms with E-state index < -0.39 is 65.8 Å². The molecule has 6 nitrogen and oxygen atoms in total. The third kappa shape index (κ3) is 5.64. The summed E-state index contributed by atoms with van der Waals surface area (Å²) in [4.78, 5) is 10.7. The summed E-state index contributed by atoms with van der Waals surface area (Å²) in [5, 5.41) is 13.2. The summed E-state index contributed by atoms with van der Waals surface area (Å²) in [6.45, 7) is 1.43. The zero-order valence-electron chi connectivity index (χ0n) is 15.0. The van der Waals surface area contributed by atoms with Gasteiger partial charge in [-0.15, -0.1) is 0 Å². The Bertz CT molecular complexity index is 726. The lowest BCUT2D eigenvalue weighted by atomic mass is 9.94. The summed E-state index contributed by atoms with van der Waals surface area (Å²) in [5.74, 6) is -3.50. The molecule has 0 aliphatic heterocycles. The number of rotatable bonds is 5. The maximum absolute atomic E-state index is 14.2.